The number of carbonyl (C=O) groups excluding carboxylic acids is 2. The van der Waals surface area contributed by atoms with Crippen LogP contribution in [-0.2, 0) is 4.79 Å². The fourth-order valence-electron chi connectivity index (χ4n) is 1.85. The van der Waals surface area contributed by atoms with E-state index >= 15 is 0 Å². The van der Waals surface area contributed by atoms with E-state index in [0.29, 0.717) is 11.3 Å². The largest absolute Gasteiger partial charge is 0.481 e. The first kappa shape index (κ1) is 16.3. The molecule has 1 amide bonds. The van der Waals surface area contributed by atoms with Gasteiger partial charge in [-0.3, -0.25) is 9.59 Å². The lowest BCUT2D eigenvalue weighted by Crippen LogP contribution is -2.31. The third-order valence-electron chi connectivity index (χ3n) is 3.02. The molecule has 0 aliphatic heterocycles. The van der Waals surface area contributed by atoms with Crippen molar-refractivity contribution in [3.05, 3.63) is 58.1 Å². The van der Waals surface area contributed by atoms with Gasteiger partial charge in [-0.25, -0.2) is 0 Å². The minimum Gasteiger partial charge on any atom is -0.481 e. The first-order chi connectivity index (χ1) is 10.5. The number of halogens is 2. The van der Waals surface area contributed by atoms with Crippen LogP contribution in [0.3, 0.4) is 0 Å². The van der Waals surface area contributed by atoms with Crippen LogP contribution >= 0.6 is 23.2 Å². The molecule has 2 rings (SSSR count). The summed E-state index contributed by atoms with van der Waals surface area (Å²) in [5, 5.41) is 0.511. The highest BCUT2D eigenvalue weighted by Gasteiger charge is 2.15. The van der Waals surface area contributed by atoms with Crippen LogP contribution in [0.4, 0.5) is 5.69 Å². The molecule has 0 spiro atoms. The number of likely N-dealkylation sites (N-methyl/N-ethyl adjacent to an activating group) is 1. The lowest BCUT2D eigenvalue weighted by Gasteiger charge is -2.18. The Morgan fingerprint density at radius 3 is 2.55 bits per heavy atom. The Hall–Kier alpha value is -2.04. The van der Waals surface area contributed by atoms with E-state index < -0.39 is 0 Å². The fourth-order valence-corrected chi connectivity index (χ4v) is 2.41. The molecular formula is C16H13Cl2NO3. The van der Waals surface area contributed by atoms with Crippen LogP contribution in [0.5, 0.6) is 5.75 Å². The Morgan fingerprint density at radius 2 is 1.91 bits per heavy atom. The summed E-state index contributed by atoms with van der Waals surface area (Å²) in [6.45, 7) is -0.242. The number of aldehydes is 1. The van der Waals surface area contributed by atoms with Crippen LogP contribution in [0.2, 0.25) is 10.0 Å². The van der Waals surface area contributed by atoms with Crippen molar-refractivity contribution in [1.29, 1.82) is 0 Å². The normalized spacial score (nSPS) is 10.1. The van der Waals surface area contributed by atoms with Crippen molar-refractivity contribution in [2.75, 3.05) is 18.6 Å². The predicted molar refractivity (Wildman–Crippen MR) is 87.2 cm³/mol. The fraction of sp³-hybridized carbons (Fsp3) is 0.125. The lowest BCUT2D eigenvalue weighted by molar-refractivity contribution is -0.120. The maximum absolute atomic E-state index is 12.1. The molecular weight excluding hydrogens is 325 g/mol. The molecule has 0 atom stereocenters. The van der Waals surface area contributed by atoms with E-state index in [1.54, 1.807) is 7.05 Å². The summed E-state index contributed by atoms with van der Waals surface area (Å²) in [4.78, 5) is 24.6. The number of ether oxygens (including phenoxy) is 1. The summed E-state index contributed by atoms with van der Waals surface area (Å²) in [5.74, 6) is -0.120. The van der Waals surface area contributed by atoms with Crippen LogP contribution < -0.4 is 9.64 Å². The molecule has 0 unspecified atom stereocenters. The number of anilines is 1. The van der Waals surface area contributed by atoms with E-state index in [0.717, 1.165) is 5.69 Å². The van der Waals surface area contributed by atoms with Crippen molar-refractivity contribution >= 4 is 41.1 Å². The van der Waals surface area contributed by atoms with Gasteiger partial charge in [-0.1, -0.05) is 41.4 Å². The maximum atomic E-state index is 12.1. The summed E-state index contributed by atoms with van der Waals surface area (Å²) >= 11 is 11.8. The average Bonchev–Trinajstić information content (AvgIpc) is 2.53. The highest BCUT2D eigenvalue weighted by Crippen LogP contribution is 2.31. The van der Waals surface area contributed by atoms with Crippen molar-refractivity contribution in [3.63, 3.8) is 0 Å². The van der Waals surface area contributed by atoms with Crippen molar-refractivity contribution in [2.24, 2.45) is 0 Å². The molecule has 0 heterocycles. The molecule has 0 saturated carbocycles. The number of hydrogen-bond donors (Lipinski definition) is 0. The first-order valence-corrected chi connectivity index (χ1v) is 7.17. The second kappa shape index (κ2) is 7.29. The van der Waals surface area contributed by atoms with E-state index in [2.05, 4.69) is 0 Å². The minimum absolute atomic E-state index is 0.149. The zero-order valence-corrected chi connectivity index (χ0v) is 13.3. The lowest BCUT2D eigenvalue weighted by atomic mass is 10.2. The molecule has 0 aromatic heterocycles. The van der Waals surface area contributed by atoms with Gasteiger partial charge < -0.3 is 9.64 Å². The molecule has 0 N–H and O–H groups in total. The van der Waals surface area contributed by atoms with Crippen molar-refractivity contribution in [1.82, 2.24) is 0 Å². The van der Waals surface area contributed by atoms with Gasteiger partial charge >= 0.3 is 0 Å². The summed E-state index contributed by atoms with van der Waals surface area (Å²) in [6.07, 6.45) is 0.582. The molecule has 114 valence electrons. The minimum atomic E-state index is -0.269. The topological polar surface area (TPSA) is 46.6 Å². The molecule has 6 heteroatoms. The molecule has 0 bridgehead atoms. The van der Waals surface area contributed by atoms with Crippen LogP contribution in [0.15, 0.2) is 42.5 Å². The quantitative estimate of drug-likeness (QED) is 0.778. The summed E-state index contributed by atoms with van der Waals surface area (Å²) < 4.78 is 5.41. The zero-order valence-electron chi connectivity index (χ0n) is 11.8. The van der Waals surface area contributed by atoms with E-state index in [-0.39, 0.29) is 28.8 Å². The van der Waals surface area contributed by atoms with Crippen LogP contribution in [0, 0.1) is 0 Å². The summed E-state index contributed by atoms with van der Waals surface area (Å²) in [7, 11) is 1.64. The van der Waals surface area contributed by atoms with Crippen LogP contribution in [0.1, 0.15) is 10.4 Å². The Labute approximate surface area is 138 Å². The standard InChI is InChI=1S/C16H13Cl2NO3/c1-19(13-5-3-2-4-6-13)15(21)10-22-16-11(9-20)7-12(17)8-14(16)18/h2-9H,10H2,1H3. The third kappa shape index (κ3) is 3.78. The number of hydrogen-bond acceptors (Lipinski definition) is 3. The van der Waals surface area contributed by atoms with Gasteiger partial charge in [0.25, 0.3) is 5.91 Å². The van der Waals surface area contributed by atoms with Gasteiger partial charge in [0.15, 0.2) is 12.9 Å². The van der Waals surface area contributed by atoms with Gasteiger partial charge in [0.1, 0.15) is 5.75 Å². The number of amides is 1. The van der Waals surface area contributed by atoms with Crippen LogP contribution in [-0.4, -0.2) is 25.8 Å². The first-order valence-electron chi connectivity index (χ1n) is 6.41. The maximum Gasteiger partial charge on any atom is 0.264 e. The Balaban J connectivity index is 2.10. The number of carbonyl (C=O) groups is 2. The summed E-state index contributed by atoms with van der Waals surface area (Å²) in [6, 6.07) is 12.0. The molecule has 0 radical (unpaired) electrons. The molecule has 0 aliphatic rings. The average molecular weight is 338 g/mol. The van der Waals surface area contributed by atoms with E-state index in [1.807, 2.05) is 30.3 Å². The molecule has 0 aliphatic carbocycles. The predicted octanol–water partition coefficient (Wildman–Crippen LogP) is 3.85. The number of para-hydroxylation sites is 1. The molecule has 0 fully saturated rings. The van der Waals surface area contributed by atoms with Gasteiger partial charge in [-0.05, 0) is 24.3 Å². The zero-order chi connectivity index (χ0) is 16.1. The molecule has 0 saturated heterocycles. The van der Waals surface area contributed by atoms with Crippen molar-refractivity contribution < 1.29 is 14.3 Å². The van der Waals surface area contributed by atoms with Crippen molar-refractivity contribution in [3.8, 4) is 5.75 Å². The number of rotatable bonds is 5. The van der Waals surface area contributed by atoms with E-state index in [9.17, 15) is 9.59 Å². The molecule has 22 heavy (non-hydrogen) atoms. The van der Waals surface area contributed by atoms with Gasteiger partial charge in [-0.2, -0.15) is 0 Å². The molecule has 2 aromatic rings. The second-order valence-electron chi connectivity index (χ2n) is 4.50. The highest BCUT2D eigenvalue weighted by atomic mass is 35.5. The second-order valence-corrected chi connectivity index (χ2v) is 5.34. The third-order valence-corrected chi connectivity index (χ3v) is 3.52. The Morgan fingerprint density at radius 1 is 1.23 bits per heavy atom. The number of benzene rings is 2. The molecule has 2 aromatic carbocycles. The van der Waals surface area contributed by atoms with Crippen molar-refractivity contribution in [2.45, 2.75) is 0 Å². The monoisotopic (exact) mass is 337 g/mol. The van der Waals surface area contributed by atoms with Gasteiger partial charge in [0, 0.05) is 17.8 Å². The van der Waals surface area contributed by atoms with Gasteiger partial charge in [0.2, 0.25) is 0 Å². The molecule has 4 nitrogen and oxygen atoms in total. The highest BCUT2D eigenvalue weighted by molar-refractivity contribution is 6.36. The Kier molecular flexibility index (Phi) is 5.41. The van der Waals surface area contributed by atoms with Gasteiger partial charge in [-0.15, -0.1) is 0 Å². The number of nitrogens with zero attached hydrogens (tertiary/aromatic N) is 1. The van der Waals surface area contributed by atoms with Crippen LogP contribution in [0.25, 0.3) is 0 Å². The van der Waals surface area contributed by atoms with Gasteiger partial charge in [0.05, 0.1) is 10.6 Å². The summed E-state index contributed by atoms with van der Waals surface area (Å²) in [5.41, 5.74) is 0.946. The van der Waals surface area contributed by atoms with E-state index in [1.165, 1.54) is 17.0 Å². The Bertz CT molecular complexity index is 689. The smallest absolute Gasteiger partial charge is 0.264 e. The van der Waals surface area contributed by atoms with E-state index in [4.69, 9.17) is 27.9 Å². The SMILES string of the molecule is CN(C(=O)COc1c(Cl)cc(Cl)cc1C=O)c1ccccc1.